The van der Waals surface area contributed by atoms with E-state index >= 15 is 0 Å². The van der Waals surface area contributed by atoms with Gasteiger partial charge >= 0.3 is 0 Å². The molecule has 0 radical (unpaired) electrons. The van der Waals surface area contributed by atoms with Crippen LogP contribution in [0, 0.1) is 5.82 Å². The van der Waals surface area contributed by atoms with E-state index in [4.69, 9.17) is 17.0 Å². The number of anilines is 1. The van der Waals surface area contributed by atoms with Gasteiger partial charge in [-0.25, -0.2) is 4.39 Å². The first-order valence-corrected chi connectivity index (χ1v) is 12.1. The van der Waals surface area contributed by atoms with Crippen LogP contribution in [0.5, 0.6) is 5.75 Å². The topological polar surface area (TPSA) is 53.1 Å². The van der Waals surface area contributed by atoms with Crippen LogP contribution in [-0.2, 0) is 15.1 Å². The molecule has 0 aromatic heterocycles. The van der Waals surface area contributed by atoms with Gasteiger partial charge in [0.25, 0.3) is 5.91 Å². The molecule has 2 saturated heterocycles. The third kappa shape index (κ3) is 2.68. The van der Waals surface area contributed by atoms with Crippen LogP contribution in [0.3, 0.4) is 0 Å². The summed E-state index contributed by atoms with van der Waals surface area (Å²) in [4.78, 5) is 33.5. The number of thioether (sulfide) groups is 1. The van der Waals surface area contributed by atoms with Gasteiger partial charge in [-0.1, -0.05) is 42.2 Å². The van der Waals surface area contributed by atoms with Gasteiger partial charge in [0.1, 0.15) is 20.6 Å². The van der Waals surface area contributed by atoms with Crippen molar-refractivity contribution >= 4 is 45.8 Å². The van der Waals surface area contributed by atoms with Crippen LogP contribution in [-0.4, -0.2) is 65.0 Å². The zero-order valence-corrected chi connectivity index (χ0v) is 20.7. The van der Waals surface area contributed by atoms with E-state index in [0.29, 0.717) is 27.9 Å². The van der Waals surface area contributed by atoms with Crippen LogP contribution in [0.25, 0.3) is 0 Å². The number of likely N-dealkylation sites (N-methyl/N-ethyl adjacent to an activating group) is 2. The highest BCUT2D eigenvalue weighted by atomic mass is 32.2. The second-order valence-electron chi connectivity index (χ2n) is 8.75. The molecule has 3 aliphatic rings. The Kier molecular flexibility index (Phi) is 5.34. The maximum absolute atomic E-state index is 14.6. The fraction of sp³-hybridized carbons (Fsp3) is 0.320. The van der Waals surface area contributed by atoms with Crippen molar-refractivity contribution in [2.45, 2.75) is 16.2 Å². The second kappa shape index (κ2) is 7.90. The standard InChI is InChI=1S/C25H24FN3O3S2/c1-5-11-29-22(31)25(34-23(29)33)19(15-7-6-8-17(12-15)32-4)14-27(2)24(25)18-13-16(26)9-10-20(18)28(3)21(24)30/h5-10,12-13,19H,1,11,14H2,2-4H3/t19-,24+,25-/m0/s1. The van der Waals surface area contributed by atoms with Crippen LogP contribution in [0.1, 0.15) is 17.0 Å². The number of nitrogens with zero attached hydrogens (tertiary/aromatic N) is 3. The molecule has 2 spiro atoms. The van der Waals surface area contributed by atoms with Crippen molar-refractivity contribution in [3.05, 3.63) is 72.1 Å². The third-order valence-electron chi connectivity index (χ3n) is 7.22. The molecule has 0 N–H and O–H groups in total. The van der Waals surface area contributed by atoms with Crippen molar-refractivity contribution in [3.8, 4) is 5.75 Å². The molecule has 3 heterocycles. The first-order valence-electron chi connectivity index (χ1n) is 10.8. The summed E-state index contributed by atoms with van der Waals surface area (Å²) in [7, 11) is 5.07. The Bertz CT molecular complexity index is 1250. The molecule has 2 fully saturated rings. The Balaban J connectivity index is 1.84. The molecule has 0 saturated carbocycles. The van der Waals surface area contributed by atoms with E-state index in [1.807, 2.05) is 36.2 Å². The SMILES string of the molecule is C=CCN1C(=O)[C@@]2(SC1=S)[C@H](c1cccc(OC)c1)CN(C)[C@]21C(=O)N(C)c2ccc(F)cc21. The fourth-order valence-corrected chi connectivity index (χ4v) is 7.96. The van der Waals surface area contributed by atoms with E-state index in [-0.39, 0.29) is 18.4 Å². The van der Waals surface area contributed by atoms with Crippen LogP contribution >= 0.6 is 24.0 Å². The summed E-state index contributed by atoms with van der Waals surface area (Å²) in [5, 5.41) is 0. The maximum Gasteiger partial charge on any atom is 0.254 e. The minimum atomic E-state index is -1.44. The number of benzene rings is 2. The highest BCUT2D eigenvalue weighted by molar-refractivity contribution is 8.25. The van der Waals surface area contributed by atoms with Crippen molar-refractivity contribution in [1.29, 1.82) is 0 Å². The Morgan fingerprint density at radius 1 is 1.24 bits per heavy atom. The zero-order valence-electron chi connectivity index (χ0n) is 19.1. The summed E-state index contributed by atoms with van der Waals surface area (Å²) >= 11 is 6.90. The predicted octanol–water partition coefficient (Wildman–Crippen LogP) is 3.52. The van der Waals surface area contributed by atoms with Crippen molar-refractivity contribution in [2.24, 2.45) is 0 Å². The lowest BCUT2D eigenvalue weighted by Gasteiger charge is -2.42. The highest BCUT2D eigenvalue weighted by Gasteiger charge is 2.78. The first-order chi connectivity index (χ1) is 16.2. The van der Waals surface area contributed by atoms with Crippen molar-refractivity contribution in [2.75, 3.05) is 39.2 Å². The molecule has 5 rings (SSSR count). The maximum atomic E-state index is 14.6. The largest absolute Gasteiger partial charge is 0.497 e. The Morgan fingerprint density at radius 2 is 2.00 bits per heavy atom. The van der Waals surface area contributed by atoms with Gasteiger partial charge in [-0.15, -0.1) is 6.58 Å². The molecule has 34 heavy (non-hydrogen) atoms. The molecular formula is C25H24FN3O3S2. The normalized spacial score (nSPS) is 28.5. The van der Waals surface area contributed by atoms with E-state index in [1.54, 1.807) is 26.3 Å². The molecule has 2 amide bonds. The van der Waals surface area contributed by atoms with E-state index in [9.17, 15) is 14.0 Å². The number of methoxy groups -OCH3 is 1. The highest BCUT2D eigenvalue weighted by Crippen LogP contribution is 2.66. The van der Waals surface area contributed by atoms with E-state index in [1.165, 1.54) is 33.7 Å². The molecule has 6 nitrogen and oxygen atoms in total. The summed E-state index contributed by atoms with van der Waals surface area (Å²) in [6.07, 6.45) is 1.62. The minimum absolute atomic E-state index is 0.233. The molecule has 3 atom stereocenters. The monoisotopic (exact) mass is 497 g/mol. The van der Waals surface area contributed by atoms with E-state index < -0.39 is 22.0 Å². The number of hydrogen-bond donors (Lipinski definition) is 0. The molecule has 2 aromatic carbocycles. The number of hydrogen-bond acceptors (Lipinski definition) is 6. The third-order valence-corrected chi connectivity index (χ3v) is 9.16. The van der Waals surface area contributed by atoms with E-state index in [2.05, 4.69) is 6.58 Å². The average molecular weight is 498 g/mol. The summed E-state index contributed by atoms with van der Waals surface area (Å²) < 4.78 is 19.1. The Hall–Kier alpha value is -2.75. The van der Waals surface area contributed by atoms with Crippen LogP contribution in [0.2, 0.25) is 0 Å². The van der Waals surface area contributed by atoms with Crippen LogP contribution < -0.4 is 9.64 Å². The van der Waals surface area contributed by atoms with Gasteiger partial charge in [-0.2, -0.15) is 0 Å². The minimum Gasteiger partial charge on any atom is -0.497 e. The lowest BCUT2D eigenvalue weighted by molar-refractivity contribution is -0.138. The Morgan fingerprint density at radius 3 is 2.71 bits per heavy atom. The van der Waals surface area contributed by atoms with E-state index in [0.717, 1.165) is 5.56 Å². The van der Waals surface area contributed by atoms with Gasteiger partial charge in [0.15, 0.2) is 5.54 Å². The molecule has 0 bridgehead atoms. The van der Waals surface area contributed by atoms with Crippen molar-refractivity contribution < 1.29 is 18.7 Å². The molecule has 2 aromatic rings. The van der Waals surface area contributed by atoms with Crippen LogP contribution in [0.15, 0.2) is 55.1 Å². The lowest BCUT2D eigenvalue weighted by atomic mass is 9.72. The number of thiocarbonyl (C=S) groups is 1. The molecule has 0 unspecified atom stereocenters. The number of ether oxygens (including phenoxy) is 1. The number of likely N-dealkylation sites (tertiary alicyclic amines) is 1. The quantitative estimate of drug-likeness (QED) is 0.476. The summed E-state index contributed by atoms with van der Waals surface area (Å²) in [6.45, 7) is 4.40. The smallest absolute Gasteiger partial charge is 0.254 e. The Labute approximate surface area is 207 Å². The number of rotatable bonds is 4. The number of carbonyl (C=O) groups is 2. The summed E-state index contributed by atoms with van der Waals surface area (Å²) in [6, 6.07) is 11.8. The number of halogens is 1. The summed E-state index contributed by atoms with van der Waals surface area (Å²) in [5.74, 6) is -0.762. The van der Waals surface area contributed by atoms with Crippen LogP contribution in [0.4, 0.5) is 10.1 Å². The second-order valence-corrected chi connectivity index (χ2v) is 10.6. The van der Waals surface area contributed by atoms with Gasteiger partial charge in [-0.3, -0.25) is 19.4 Å². The number of fused-ring (bicyclic) bond motifs is 3. The average Bonchev–Trinajstić information content (AvgIpc) is 3.33. The van der Waals surface area contributed by atoms with Gasteiger partial charge in [0.05, 0.1) is 7.11 Å². The molecular weight excluding hydrogens is 473 g/mol. The number of carbonyl (C=O) groups excluding carboxylic acids is 2. The molecule has 176 valence electrons. The van der Waals surface area contributed by atoms with Crippen molar-refractivity contribution in [3.63, 3.8) is 0 Å². The molecule has 0 aliphatic carbocycles. The first kappa shape index (κ1) is 23.0. The lowest BCUT2D eigenvalue weighted by Crippen LogP contribution is -2.62. The fourth-order valence-electron chi connectivity index (χ4n) is 5.81. The van der Waals surface area contributed by atoms with Gasteiger partial charge in [-0.05, 0) is 42.9 Å². The van der Waals surface area contributed by atoms with Crippen molar-refractivity contribution in [1.82, 2.24) is 9.80 Å². The van der Waals surface area contributed by atoms with Gasteiger partial charge in [0, 0.05) is 37.3 Å². The van der Waals surface area contributed by atoms with Gasteiger partial charge < -0.3 is 9.64 Å². The number of amides is 2. The van der Waals surface area contributed by atoms with Gasteiger partial charge in [0.2, 0.25) is 5.91 Å². The molecule has 9 heteroatoms. The zero-order chi connectivity index (χ0) is 24.4. The summed E-state index contributed by atoms with van der Waals surface area (Å²) in [5.41, 5.74) is 0.490. The predicted molar refractivity (Wildman–Crippen MR) is 135 cm³/mol. The molecule has 3 aliphatic heterocycles.